The van der Waals surface area contributed by atoms with Gasteiger partial charge in [0.2, 0.25) is 5.82 Å². The van der Waals surface area contributed by atoms with Crippen molar-refractivity contribution in [2.45, 2.75) is 44.9 Å². The van der Waals surface area contributed by atoms with Crippen molar-refractivity contribution < 1.29 is 4.52 Å². The van der Waals surface area contributed by atoms with Gasteiger partial charge in [-0.1, -0.05) is 60.8 Å². The van der Waals surface area contributed by atoms with Crippen LogP contribution >= 0.6 is 0 Å². The molecule has 3 aromatic rings. The van der Waals surface area contributed by atoms with Gasteiger partial charge in [-0.05, 0) is 48.9 Å². The smallest absolute Gasteiger partial charge is 0.258 e. The number of rotatable bonds is 3. The van der Waals surface area contributed by atoms with E-state index in [1.807, 2.05) is 18.2 Å². The molecule has 1 heterocycles. The molecule has 0 bridgehead atoms. The highest BCUT2D eigenvalue weighted by Crippen LogP contribution is 2.33. The predicted molar refractivity (Wildman–Crippen MR) is 95.7 cm³/mol. The van der Waals surface area contributed by atoms with Gasteiger partial charge in [0, 0.05) is 11.1 Å². The summed E-state index contributed by atoms with van der Waals surface area (Å²) in [5, 5.41) is 4.15. The van der Waals surface area contributed by atoms with Crippen LogP contribution in [0.5, 0.6) is 0 Å². The monoisotopic (exact) mass is 318 g/mol. The first-order valence-electron chi connectivity index (χ1n) is 8.81. The van der Waals surface area contributed by atoms with Crippen molar-refractivity contribution in [1.29, 1.82) is 0 Å². The molecular formula is C21H22N2O. The summed E-state index contributed by atoms with van der Waals surface area (Å²) < 4.78 is 5.48. The van der Waals surface area contributed by atoms with Crippen LogP contribution in [0.2, 0.25) is 0 Å². The lowest BCUT2D eigenvalue weighted by atomic mass is 9.84. The fourth-order valence-electron chi connectivity index (χ4n) is 3.61. The van der Waals surface area contributed by atoms with E-state index >= 15 is 0 Å². The number of aryl methyl sites for hydroxylation is 1. The van der Waals surface area contributed by atoms with Gasteiger partial charge in [-0.15, -0.1) is 0 Å². The van der Waals surface area contributed by atoms with Crippen molar-refractivity contribution in [3.63, 3.8) is 0 Å². The Morgan fingerprint density at radius 1 is 0.917 bits per heavy atom. The van der Waals surface area contributed by atoms with Crippen LogP contribution in [0.25, 0.3) is 22.8 Å². The van der Waals surface area contributed by atoms with Crippen LogP contribution in [0.15, 0.2) is 53.1 Å². The zero-order chi connectivity index (χ0) is 16.4. The molecule has 24 heavy (non-hydrogen) atoms. The molecule has 1 aliphatic carbocycles. The second kappa shape index (κ2) is 6.60. The first kappa shape index (κ1) is 15.1. The van der Waals surface area contributed by atoms with E-state index in [0.717, 1.165) is 22.6 Å². The van der Waals surface area contributed by atoms with Gasteiger partial charge < -0.3 is 4.52 Å². The maximum atomic E-state index is 5.48. The first-order chi connectivity index (χ1) is 11.8. The Hall–Kier alpha value is -2.42. The maximum Gasteiger partial charge on any atom is 0.258 e. The highest BCUT2D eigenvalue weighted by Gasteiger charge is 2.16. The number of hydrogen-bond acceptors (Lipinski definition) is 3. The number of aromatic nitrogens is 2. The largest absolute Gasteiger partial charge is 0.334 e. The van der Waals surface area contributed by atoms with Gasteiger partial charge in [0.25, 0.3) is 5.89 Å². The average molecular weight is 318 g/mol. The van der Waals surface area contributed by atoms with E-state index in [1.165, 1.54) is 37.7 Å². The van der Waals surface area contributed by atoms with E-state index in [9.17, 15) is 0 Å². The van der Waals surface area contributed by atoms with Gasteiger partial charge in [0.15, 0.2) is 0 Å². The standard InChI is InChI=1S/C21H22N2O/c1-15-7-5-6-10-19(15)20-22-21(24-23-20)18-13-11-17(12-14-18)16-8-3-2-4-9-16/h5-7,10-14,16H,2-4,8-9H2,1H3. The quantitative estimate of drug-likeness (QED) is 0.616. The SMILES string of the molecule is Cc1ccccc1-c1noc(-c2ccc(C3CCCCC3)cc2)n1. The molecule has 122 valence electrons. The molecule has 2 aromatic carbocycles. The van der Waals surface area contributed by atoms with Crippen molar-refractivity contribution in [1.82, 2.24) is 10.1 Å². The Balaban J connectivity index is 1.57. The molecule has 0 radical (unpaired) electrons. The molecule has 1 saturated carbocycles. The Kier molecular flexibility index (Phi) is 4.16. The van der Waals surface area contributed by atoms with Crippen molar-refractivity contribution >= 4 is 0 Å². The minimum atomic E-state index is 0.587. The van der Waals surface area contributed by atoms with Crippen LogP contribution in [-0.2, 0) is 0 Å². The molecule has 0 aliphatic heterocycles. The summed E-state index contributed by atoms with van der Waals surface area (Å²) in [4.78, 5) is 4.58. The van der Waals surface area contributed by atoms with Gasteiger partial charge >= 0.3 is 0 Å². The zero-order valence-corrected chi connectivity index (χ0v) is 14.0. The van der Waals surface area contributed by atoms with Gasteiger partial charge in [0.05, 0.1) is 0 Å². The molecule has 0 unspecified atom stereocenters. The van der Waals surface area contributed by atoms with Gasteiger partial charge in [-0.25, -0.2) is 0 Å². The van der Waals surface area contributed by atoms with E-state index in [0.29, 0.717) is 11.7 Å². The minimum absolute atomic E-state index is 0.587. The molecule has 0 N–H and O–H groups in total. The van der Waals surface area contributed by atoms with E-state index in [2.05, 4.69) is 47.4 Å². The molecule has 0 atom stereocenters. The molecule has 4 rings (SSSR count). The van der Waals surface area contributed by atoms with E-state index in [4.69, 9.17) is 4.52 Å². The van der Waals surface area contributed by atoms with E-state index < -0.39 is 0 Å². The number of hydrogen-bond donors (Lipinski definition) is 0. The normalized spacial score (nSPS) is 15.5. The third kappa shape index (κ3) is 2.99. The van der Waals surface area contributed by atoms with Crippen molar-refractivity contribution in [3.05, 3.63) is 59.7 Å². The Morgan fingerprint density at radius 2 is 1.67 bits per heavy atom. The number of nitrogens with zero attached hydrogens (tertiary/aromatic N) is 2. The van der Waals surface area contributed by atoms with Crippen molar-refractivity contribution in [2.75, 3.05) is 0 Å². The molecule has 1 aliphatic rings. The minimum Gasteiger partial charge on any atom is -0.334 e. The Morgan fingerprint density at radius 3 is 2.42 bits per heavy atom. The lowest BCUT2D eigenvalue weighted by Gasteiger charge is -2.21. The third-order valence-corrected chi connectivity index (χ3v) is 5.05. The van der Waals surface area contributed by atoms with Crippen LogP contribution in [0, 0.1) is 6.92 Å². The van der Waals surface area contributed by atoms with E-state index in [1.54, 1.807) is 0 Å². The molecule has 0 spiro atoms. The molecule has 0 amide bonds. The number of benzene rings is 2. The summed E-state index contributed by atoms with van der Waals surface area (Å²) in [7, 11) is 0. The summed E-state index contributed by atoms with van der Waals surface area (Å²) in [5.74, 6) is 1.96. The van der Waals surface area contributed by atoms with Crippen LogP contribution in [0.1, 0.15) is 49.1 Å². The topological polar surface area (TPSA) is 38.9 Å². The molecule has 1 aromatic heterocycles. The fourth-order valence-corrected chi connectivity index (χ4v) is 3.61. The van der Waals surface area contributed by atoms with Gasteiger partial charge in [-0.2, -0.15) is 4.98 Å². The lowest BCUT2D eigenvalue weighted by Crippen LogP contribution is -2.04. The second-order valence-electron chi connectivity index (χ2n) is 6.70. The Bertz CT molecular complexity index is 814. The van der Waals surface area contributed by atoms with Crippen LogP contribution < -0.4 is 0 Å². The van der Waals surface area contributed by atoms with E-state index in [-0.39, 0.29) is 0 Å². The fraction of sp³-hybridized carbons (Fsp3) is 0.333. The lowest BCUT2D eigenvalue weighted by molar-refractivity contribution is 0.432. The summed E-state index contributed by atoms with van der Waals surface area (Å²) in [6.45, 7) is 2.06. The van der Waals surface area contributed by atoms with Gasteiger partial charge in [0.1, 0.15) is 0 Å². The highest BCUT2D eigenvalue weighted by molar-refractivity contribution is 5.62. The Labute approximate surface area is 142 Å². The maximum absolute atomic E-state index is 5.48. The molecule has 3 heteroatoms. The zero-order valence-electron chi connectivity index (χ0n) is 14.0. The van der Waals surface area contributed by atoms with Crippen LogP contribution in [-0.4, -0.2) is 10.1 Å². The predicted octanol–water partition coefficient (Wildman–Crippen LogP) is 5.76. The molecule has 0 saturated heterocycles. The molecular weight excluding hydrogens is 296 g/mol. The summed E-state index contributed by atoms with van der Waals surface area (Å²) in [6.07, 6.45) is 6.73. The first-order valence-corrected chi connectivity index (χ1v) is 8.81. The van der Waals surface area contributed by atoms with Crippen molar-refractivity contribution in [2.24, 2.45) is 0 Å². The summed E-state index contributed by atoms with van der Waals surface area (Å²) >= 11 is 0. The second-order valence-corrected chi connectivity index (χ2v) is 6.70. The van der Waals surface area contributed by atoms with Gasteiger partial charge in [-0.3, -0.25) is 0 Å². The highest BCUT2D eigenvalue weighted by atomic mass is 16.5. The summed E-state index contributed by atoms with van der Waals surface area (Å²) in [6, 6.07) is 16.8. The van der Waals surface area contributed by atoms with Crippen LogP contribution in [0.3, 0.4) is 0 Å². The summed E-state index contributed by atoms with van der Waals surface area (Å²) in [5.41, 5.74) is 4.60. The average Bonchev–Trinajstić information content (AvgIpc) is 3.13. The van der Waals surface area contributed by atoms with Crippen LogP contribution in [0.4, 0.5) is 0 Å². The third-order valence-electron chi connectivity index (χ3n) is 5.05. The molecule has 1 fully saturated rings. The van der Waals surface area contributed by atoms with Crippen molar-refractivity contribution in [3.8, 4) is 22.8 Å². The molecule has 3 nitrogen and oxygen atoms in total.